The molecule has 0 radical (unpaired) electrons. The highest BCUT2D eigenvalue weighted by Crippen LogP contribution is 2.35. The van der Waals surface area contributed by atoms with Crippen molar-refractivity contribution in [3.63, 3.8) is 0 Å². The lowest BCUT2D eigenvalue weighted by atomic mass is 9.75. The standard InChI is InChI=1S/C19H26O3/c1-13(2)16-10-9-14(3)11-18(16)22-19(21)12-17(20)15-7-5-4-6-8-15/h4-8,13-14,16,18H,9-12H2,1-3H3. The van der Waals surface area contributed by atoms with Crippen LogP contribution in [0.4, 0.5) is 0 Å². The van der Waals surface area contributed by atoms with Gasteiger partial charge in [-0.15, -0.1) is 0 Å². The Bertz CT molecular complexity index is 507. The number of benzene rings is 1. The van der Waals surface area contributed by atoms with Gasteiger partial charge in [0.05, 0.1) is 0 Å². The first-order valence-corrected chi connectivity index (χ1v) is 8.25. The molecule has 0 bridgehead atoms. The van der Waals surface area contributed by atoms with E-state index in [1.54, 1.807) is 24.3 Å². The van der Waals surface area contributed by atoms with E-state index in [0.29, 0.717) is 23.3 Å². The second-order valence-corrected chi connectivity index (χ2v) is 6.82. The Morgan fingerprint density at radius 2 is 1.86 bits per heavy atom. The minimum absolute atomic E-state index is 0.0418. The number of ketones is 1. The highest BCUT2D eigenvalue weighted by Gasteiger charge is 2.33. The molecule has 0 heterocycles. The number of Topliss-reactive ketones (excluding diaryl/α,β-unsaturated/α-hetero) is 1. The first-order valence-electron chi connectivity index (χ1n) is 8.25. The smallest absolute Gasteiger partial charge is 0.313 e. The fourth-order valence-corrected chi connectivity index (χ4v) is 3.32. The van der Waals surface area contributed by atoms with Crippen molar-refractivity contribution in [3.05, 3.63) is 35.9 Å². The minimum atomic E-state index is -0.390. The van der Waals surface area contributed by atoms with Gasteiger partial charge in [-0.2, -0.15) is 0 Å². The summed E-state index contributed by atoms with van der Waals surface area (Å²) in [5.41, 5.74) is 0.567. The number of ether oxygens (including phenoxy) is 1. The van der Waals surface area contributed by atoms with Crippen LogP contribution < -0.4 is 0 Å². The second-order valence-electron chi connectivity index (χ2n) is 6.82. The van der Waals surface area contributed by atoms with E-state index in [0.717, 1.165) is 12.8 Å². The van der Waals surface area contributed by atoms with Gasteiger partial charge in [-0.3, -0.25) is 9.59 Å². The molecule has 0 saturated heterocycles. The van der Waals surface area contributed by atoms with Crippen LogP contribution in [0.3, 0.4) is 0 Å². The van der Waals surface area contributed by atoms with Crippen LogP contribution in [0.1, 0.15) is 56.8 Å². The van der Waals surface area contributed by atoms with Crippen LogP contribution >= 0.6 is 0 Å². The van der Waals surface area contributed by atoms with E-state index in [4.69, 9.17) is 4.74 Å². The quantitative estimate of drug-likeness (QED) is 0.463. The van der Waals surface area contributed by atoms with Gasteiger partial charge in [0.15, 0.2) is 5.78 Å². The van der Waals surface area contributed by atoms with Crippen molar-refractivity contribution >= 4 is 11.8 Å². The van der Waals surface area contributed by atoms with Crippen LogP contribution in [0.15, 0.2) is 30.3 Å². The molecular weight excluding hydrogens is 276 g/mol. The maximum absolute atomic E-state index is 12.1. The van der Waals surface area contributed by atoms with Crippen LogP contribution in [-0.4, -0.2) is 17.9 Å². The molecule has 1 aliphatic rings. The summed E-state index contributed by atoms with van der Waals surface area (Å²) < 4.78 is 5.67. The van der Waals surface area contributed by atoms with Gasteiger partial charge in [0, 0.05) is 5.56 Å². The summed E-state index contributed by atoms with van der Waals surface area (Å²) in [4.78, 5) is 24.2. The number of hydrogen-bond acceptors (Lipinski definition) is 3. The predicted molar refractivity (Wildman–Crippen MR) is 86.6 cm³/mol. The molecule has 0 aromatic heterocycles. The van der Waals surface area contributed by atoms with Crippen LogP contribution in [-0.2, 0) is 9.53 Å². The van der Waals surface area contributed by atoms with Gasteiger partial charge in [0.25, 0.3) is 0 Å². The SMILES string of the molecule is CC1CCC(C(C)C)C(OC(=O)CC(=O)c2ccccc2)C1. The van der Waals surface area contributed by atoms with Crippen molar-refractivity contribution < 1.29 is 14.3 Å². The predicted octanol–water partition coefficient (Wildman–Crippen LogP) is 4.26. The Balaban J connectivity index is 1.93. The fraction of sp³-hybridized carbons (Fsp3) is 0.579. The van der Waals surface area contributed by atoms with Crippen LogP contribution in [0, 0.1) is 17.8 Å². The Labute approximate surface area is 133 Å². The second kappa shape index (κ2) is 7.57. The topological polar surface area (TPSA) is 43.4 Å². The molecule has 0 N–H and O–H groups in total. The fourth-order valence-electron chi connectivity index (χ4n) is 3.32. The molecule has 0 amide bonds. The summed E-state index contributed by atoms with van der Waals surface area (Å²) in [5.74, 6) is 0.925. The van der Waals surface area contributed by atoms with E-state index in [1.165, 1.54) is 6.42 Å². The molecule has 0 spiro atoms. The third-order valence-corrected chi connectivity index (χ3v) is 4.64. The molecule has 1 aromatic rings. The summed E-state index contributed by atoms with van der Waals surface area (Å²) >= 11 is 0. The Kier molecular flexibility index (Phi) is 5.76. The van der Waals surface area contributed by atoms with E-state index in [1.807, 2.05) is 6.07 Å². The zero-order chi connectivity index (χ0) is 16.1. The third kappa shape index (κ3) is 4.43. The van der Waals surface area contributed by atoms with Crippen LogP contribution in [0.5, 0.6) is 0 Å². The first-order chi connectivity index (χ1) is 10.5. The van der Waals surface area contributed by atoms with E-state index in [-0.39, 0.29) is 18.3 Å². The van der Waals surface area contributed by atoms with E-state index in [9.17, 15) is 9.59 Å². The zero-order valence-electron chi connectivity index (χ0n) is 13.7. The molecule has 3 nitrogen and oxygen atoms in total. The molecule has 1 aromatic carbocycles. The molecule has 1 fully saturated rings. The number of hydrogen-bond donors (Lipinski definition) is 0. The average molecular weight is 302 g/mol. The summed E-state index contributed by atoms with van der Waals surface area (Å²) in [7, 11) is 0. The molecule has 120 valence electrons. The van der Waals surface area contributed by atoms with Gasteiger partial charge in [0.2, 0.25) is 0 Å². The number of esters is 1. The van der Waals surface area contributed by atoms with Gasteiger partial charge < -0.3 is 4.74 Å². The van der Waals surface area contributed by atoms with Gasteiger partial charge in [-0.05, 0) is 30.6 Å². The molecule has 3 heteroatoms. The van der Waals surface area contributed by atoms with Gasteiger partial charge >= 0.3 is 5.97 Å². The molecule has 0 aliphatic heterocycles. The summed E-state index contributed by atoms with van der Waals surface area (Å²) in [6.45, 7) is 6.56. The Hall–Kier alpha value is -1.64. The van der Waals surface area contributed by atoms with Crippen molar-refractivity contribution in [1.29, 1.82) is 0 Å². The van der Waals surface area contributed by atoms with Gasteiger partial charge in [-0.1, -0.05) is 57.5 Å². The van der Waals surface area contributed by atoms with Crippen molar-refractivity contribution in [1.82, 2.24) is 0 Å². The number of carbonyl (C=O) groups excluding carboxylic acids is 2. The van der Waals surface area contributed by atoms with Gasteiger partial charge in [-0.25, -0.2) is 0 Å². The van der Waals surface area contributed by atoms with E-state index in [2.05, 4.69) is 20.8 Å². The maximum Gasteiger partial charge on any atom is 0.313 e. The van der Waals surface area contributed by atoms with Crippen molar-refractivity contribution in [3.8, 4) is 0 Å². The summed E-state index contributed by atoms with van der Waals surface area (Å²) in [6.07, 6.45) is 3.00. The van der Waals surface area contributed by atoms with E-state index >= 15 is 0 Å². The maximum atomic E-state index is 12.1. The van der Waals surface area contributed by atoms with Crippen molar-refractivity contribution in [2.24, 2.45) is 17.8 Å². The molecule has 3 unspecified atom stereocenters. The molecular formula is C19H26O3. The monoisotopic (exact) mass is 302 g/mol. The summed E-state index contributed by atoms with van der Waals surface area (Å²) in [5, 5.41) is 0. The van der Waals surface area contributed by atoms with Crippen molar-refractivity contribution in [2.45, 2.75) is 52.6 Å². The third-order valence-electron chi connectivity index (χ3n) is 4.64. The molecule has 1 saturated carbocycles. The lowest BCUT2D eigenvalue weighted by Crippen LogP contribution is -2.36. The Morgan fingerprint density at radius 3 is 2.50 bits per heavy atom. The average Bonchev–Trinajstić information content (AvgIpc) is 2.47. The molecule has 22 heavy (non-hydrogen) atoms. The lowest BCUT2D eigenvalue weighted by Gasteiger charge is -2.36. The van der Waals surface area contributed by atoms with Gasteiger partial charge in [0.1, 0.15) is 12.5 Å². The highest BCUT2D eigenvalue weighted by molar-refractivity contribution is 6.05. The largest absolute Gasteiger partial charge is 0.462 e. The van der Waals surface area contributed by atoms with Crippen molar-refractivity contribution in [2.75, 3.05) is 0 Å². The van der Waals surface area contributed by atoms with Crippen LogP contribution in [0.25, 0.3) is 0 Å². The summed E-state index contributed by atoms with van der Waals surface area (Å²) in [6, 6.07) is 8.92. The highest BCUT2D eigenvalue weighted by atomic mass is 16.5. The van der Waals surface area contributed by atoms with E-state index < -0.39 is 5.97 Å². The number of rotatable bonds is 5. The zero-order valence-corrected chi connectivity index (χ0v) is 13.7. The Morgan fingerprint density at radius 1 is 1.18 bits per heavy atom. The molecule has 1 aliphatic carbocycles. The van der Waals surface area contributed by atoms with Crippen LogP contribution in [0.2, 0.25) is 0 Å². The lowest BCUT2D eigenvalue weighted by molar-refractivity contribution is -0.154. The molecule has 3 atom stereocenters. The normalized spacial score (nSPS) is 25.0. The minimum Gasteiger partial charge on any atom is -0.462 e. The first kappa shape index (κ1) is 16.7. The molecule has 2 rings (SSSR count). The number of carbonyl (C=O) groups is 2.